The van der Waals surface area contributed by atoms with Crippen LogP contribution in [0.15, 0.2) is 21.3 Å². The fraction of sp³-hybridized carbons (Fsp3) is 0.538. The summed E-state index contributed by atoms with van der Waals surface area (Å²) >= 11 is 1.64. The van der Waals surface area contributed by atoms with E-state index < -0.39 is 0 Å². The van der Waals surface area contributed by atoms with E-state index >= 15 is 0 Å². The molecule has 0 bridgehead atoms. The molecule has 3 rings (SSSR count). The molecule has 96 valence electrons. The average molecular weight is 263 g/mol. The summed E-state index contributed by atoms with van der Waals surface area (Å²) in [6.45, 7) is 0.709. The highest BCUT2D eigenvalue weighted by atomic mass is 32.1. The number of hydrogen-bond donors (Lipinski definition) is 1. The maximum absolute atomic E-state index is 5.84. The van der Waals surface area contributed by atoms with Gasteiger partial charge < -0.3 is 10.3 Å². The van der Waals surface area contributed by atoms with Crippen LogP contribution in [0.2, 0.25) is 0 Å². The molecule has 0 saturated heterocycles. The van der Waals surface area contributed by atoms with E-state index in [1.165, 1.54) is 19.3 Å². The van der Waals surface area contributed by atoms with E-state index in [2.05, 4.69) is 10.1 Å². The standard InChI is InChI=1S/C13H17N3OS/c14-7-9-3-1-2-4-11(9)13-15-12(16-17-13)10-5-6-18-8-10/h5-6,8-9,11H,1-4,7,14H2. The lowest BCUT2D eigenvalue weighted by Gasteiger charge is -2.27. The van der Waals surface area contributed by atoms with Crippen LogP contribution in [0.25, 0.3) is 11.4 Å². The summed E-state index contributed by atoms with van der Waals surface area (Å²) in [6.07, 6.45) is 4.80. The van der Waals surface area contributed by atoms with Crippen LogP contribution < -0.4 is 5.73 Å². The van der Waals surface area contributed by atoms with Crippen molar-refractivity contribution in [3.8, 4) is 11.4 Å². The first kappa shape index (κ1) is 11.9. The molecule has 0 spiro atoms. The first-order valence-corrected chi connectivity index (χ1v) is 7.39. The lowest BCUT2D eigenvalue weighted by atomic mass is 9.79. The minimum Gasteiger partial charge on any atom is -0.339 e. The number of nitrogens with two attached hydrogens (primary N) is 1. The second-order valence-electron chi connectivity index (χ2n) is 4.85. The molecule has 2 unspecified atom stereocenters. The van der Waals surface area contributed by atoms with Crippen molar-refractivity contribution in [1.29, 1.82) is 0 Å². The second kappa shape index (κ2) is 5.20. The Morgan fingerprint density at radius 2 is 2.28 bits per heavy atom. The Bertz CT molecular complexity index is 494. The van der Waals surface area contributed by atoms with Crippen molar-refractivity contribution in [1.82, 2.24) is 10.1 Å². The highest BCUT2D eigenvalue weighted by molar-refractivity contribution is 7.08. The summed E-state index contributed by atoms with van der Waals surface area (Å²) in [5.41, 5.74) is 6.88. The molecule has 0 radical (unpaired) electrons. The molecule has 1 aliphatic carbocycles. The highest BCUT2D eigenvalue weighted by Crippen LogP contribution is 2.37. The quantitative estimate of drug-likeness (QED) is 0.924. The van der Waals surface area contributed by atoms with Gasteiger partial charge >= 0.3 is 0 Å². The zero-order valence-electron chi connectivity index (χ0n) is 10.2. The molecular formula is C13H17N3OS. The van der Waals surface area contributed by atoms with Gasteiger partial charge in [0.15, 0.2) is 0 Å². The van der Waals surface area contributed by atoms with E-state index in [4.69, 9.17) is 10.3 Å². The average Bonchev–Trinajstić information content (AvgIpc) is 3.09. The van der Waals surface area contributed by atoms with E-state index in [-0.39, 0.29) is 0 Å². The Labute approximate surface area is 110 Å². The van der Waals surface area contributed by atoms with Gasteiger partial charge in [-0.1, -0.05) is 18.0 Å². The van der Waals surface area contributed by atoms with E-state index in [1.54, 1.807) is 11.3 Å². The monoisotopic (exact) mass is 263 g/mol. The summed E-state index contributed by atoms with van der Waals surface area (Å²) in [7, 11) is 0. The molecule has 2 atom stereocenters. The molecule has 1 saturated carbocycles. The van der Waals surface area contributed by atoms with Crippen LogP contribution >= 0.6 is 11.3 Å². The van der Waals surface area contributed by atoms with Crippen molar-refractivity contribution in [2.75, 3.05) is 6.54 Å². The van der Waals surface area contributed by atoms with Gasteiger partial charge in [-0.15, -0.1) is 0 Å². The zero-order chi connectivity index (χ0) is 12.4. The summed E-state index contributed by atoms with van der Waals surface area (Å²) in [5, 5.41) is 8.14. The summed E-state index contributed by atoms with van der Waals surface area (Å²) < 4.78 is 5.45. The fourth-order valence-corrected chi connectivity index (χ4v) is 3.34. The lowest BCUT2D eigenvalue weighted by molar-refractivity contribution is 0.249. The zero-order valence-corrected chi connectivity index (χ0v) is 11.0. The minimum absolute atomic E-state index is 0.351. The molecule has 4 nitrogen and oxygen atoms in total. The van der Waals surface area contributed by atoms with Gasteiger partial charge in [-0.2, -0.15) is 16.3 Å². The summed E-state index contributed by atoms with van der Waals surface area (Å²) in [5.74, 6) is 2.32. The number of thiophene rings is 1. The van der Waals surface area contributed by atoms with Gasteiger partial charge in [-0.3, -0.25) is 0 Å². The van der Waals surface area contributed by atoms with E-state index in [0.29, 0.717) is 24.2 Å². The second-order valence-corrected chi connectivity index (χ2v) is 5.64. The van der Waals surface area contributed by atoms with E-state index in [9.17, 15) is 0 Å². The Kier molecular flexibility index (Phi) is 3.43. The maximum atomic E-state index is 5.84. The third kappa shape index (κ3) is 2.20. The molecule has 2 N–H and O–H groups in total. The minimum atomic E-state index is 0.351. The fourth-order valence-electron chi connectivity index (χ4n) is 2.71. The Balaban J connectivity index is 1.84. The molecule has 0 aromatic carbocycles. The topological polar surface area (TPSA) is 64.9 Å². The molecule has 2 heterocycles. The smallest absolute Gasteiger partial charge is 0.230 e. The third-order valence-corrected chi connectivity index (χ3v) is 4.43. The van der Waals surface area contributed by atoms with Crippen molar-refractivity contribution in [2.45, 2.75) is 31.6 Å². The molecule has 2 aromatic rings. The van der Waals surface area contributed by atoms with Crippen molar-refractivity contribution >= 4 is 11.3 Å². The van der Waals surface area contributed by atoms with Crippen molar-refractivity contribution in [3.63, 3.8) is 0 Å². The summed E-state index contributed by atoms with van der Waals surface area (Å²) in [6, 6.07) is 2.01. The predicted octanol–water partition coefficient (Wildman–Crippen LogP) is 3.03. The SMILES string of the molecule is NCC1CCCCC1c1nc(-c2ccsc2)no1. The third-order valence-electron chi connectivity index (χ3n) is 3.75. The van der Waals surface area contributed by atoms with Crippen molar-refractivity contribution in [2.24, 2.45) is 11.7 Å². The number of nitrogens with zero attached hydrogens (tertiary/aromatic N) is 2. The molecule has 5 heteroatoms. The highest BCUT2D eigenvalue weighted by Gasteiger charge is 2.30. The Hall–Kier alpha value is -1.20. The van der Waals surface area contributed by atoms with Gasteiger partial charge in [0.25, 0.3) is 0 Å². The molecule has 0 amide bonds. The Morgan fingerprint density at radius 3 is 3.06 bits per heavy atom. The van der Waals surface area contributed by atoms with Gasteiger partial charge in [0.2, 0.25) is 11.7 Å². The van der Waals surface area contributed by atoms with Crippen LogP contribution in [0, 0.1) is 5.92 Å². The molecule has 0 aliphatic heterocycles. The normalized spacial score (nSPS) is 24.3. The van der Waals surface area contributed by atoms with Crippen molar-refractivity contribution in [3.05, 3.63) is 22.7 Å². The predicted molar refractivity (Wildman–Crippen MR) is 71.4 cm³/mol. The number of hydrogen-bond acceptors (Lipinski definition) is 5. The van der Waals surface area contributed by atoms with Gasteiger partial charge in [0, 0.05) is 16.9 Å². The van der Waals surface area contributed by atoms with Crippen molar-refractivity contribution < 1.29 is 4.52 Å². The number of aromatic nitrogens is 2. The maximum Gasteiger partial charge on any atom is 0.230 e. The Morgan fingerprint density at radius 1 is 1.39 bits per heavy atom. The van der Waals surface area contributed by atoms with Gasteiger partial charge in [-0.05, 0) is 36.8 Å². The largest absolute Gasteiger partial charge is 0.339 e. The first-order chi connectivity index (χ1) is 8.88. The molecule has 1 fully saturated rings. The van der Waals surface area contributed by atoms with E-state index in [0.717, 1.165) is 17.9 Å². The van der Waals surface area contributed by atoms with E-state index in [1.807, 2.05) is 16.8 Å². The summed E-state index contributed by atoms with van der Waals surface area (Å²) in [4.78, 5) is 4.55. The molecule has 1 aliphatic rings. The molecule has 2 aromatic heterocycles. The van der Waals surface area contributed by atoms with Crippen LogP contribution in [0.3, 0.4) is 0 Å². The molecule has 18 heavy (non-hydrogen) atoms. The van der Waals surface area contributed by atoms with Crippen LogP contribution in [-0.2, 0) is 0 Å². The van der Waals surface area contributed by atoms with Crippen LogP contribution in [0.5, 0.6) is 0 Å². The van der Waals surface area contributed by atoms with Gasteiger partial charge in [0.05, 0.1) is 0 Å². The van der Waals surface area contributed by atoms with Crippen LogP contribution in [0.1, 0.15) is 37.5 Å². The first-order valence-electron chi connectivity index (χ1n) is 6.44. The lowest BCUT2D eigenvalue weighted by Crippen LogP contribution is -2.25. The van der Waals surface area contributed by atoms with Gasteiger partial charge in [-0.25, -0.2) is 0 Å². The van der Waals surface area contributed by atoms with Gasteiger partial charge in [0.1, 0.15) is 0 Å². The number of rotatable bonds is 3. The molecular weight excluding hydrogens is 246 g/mol. The van der Waals surface area contributed by atoms with Crippen LogP contribution in [0.4, 0.5) is 0 Å². The van der Waals surface area contributed by atoms with Crippen LogP contribution in [-0.4, -0.2) is 16.7 Å².